The van der Waals surface area contributed by atoms with Gasteiger partial charge in [-0.05, 0) is 41.3 Å². The van der Waals surface area contributed by atoms with Crippen molar-refractivity contribution in [1.82, 2.24) is 0 Å². The minimum atomic E-state index is -0.0673. The molecule has 0 saturated heterocycles. The zero-order chi connectivity index (χ0) is 17.9. The molecular weight excluding hydrogens is 360 g/mol. The molecule has 1 aliphatic heterocycles. The van der Waals surface area contributed by atoms with Crippen molar-refractivity contribution in [3.8, 4) is 0 Å². The fourth-order valence-corrected chi connectivity index (χ4v) is 5.16. The molecule has 0 aliphatic carbocycles. The molecule has 0 radical (unpaired) electrons. The van der Waals surface area contributed by atoms with E-state index in [2.05, 4.69) is 47.1 Å². The number of para-hydroxylation sites is 1. The van der Waals surface area contributed by atoms with E-state index in [-0.39, 0.29) is 5.91 Å². The van der Waals surface area contributed by atoms with Crippen LogP contribution in [0.4, 0.5) is 11.4 Å². The summed E-state index contributed by atoms with van der Waals surface area (Å²) in [6.45, 7) is 1.52. The number of amides is 1. The highest BCUT2D eigenvalue weighted by molar-refractivity contribution is 7.99. The number of anilines is 1. The summed E-state index contributed by atoms with van der Waals surface area (Å²) in [5.41, 5.74) is 3.91. The summed E-state index contributed by atoms with van der Waals surface area (Å²) < 4.78 is 0. The maximum absolute atomic E-state index is 11.4. The van der Waals surface area contributed by atoms with Crippen LogP contribution in [0, 0.1) is 0 Å². The van der Waals surface area contributed by atoms with E-state index in [1.165, 1.54) is 16.7 Å². The van der Waals surface area contributed by atoms with Crippen molar-refractivity contribution in [2.24, 2.45) is 4.99 Å². The minimum Gasteiger partial charge on any atom is -0.326 e. The first-order valence-corrected chi connectivity index (χ1v) is 10.2. The zero-order valence-corrected chi connectivity index (χ0v) is 15.9. The lowest BCUT2D eigenvalue weighted by molar-refractivity contribution is -0.114. The van der Waals surface area contributed by atoms with Gasteiger partial charge >= 0.3 is 0 Å². The summed E-state index contributed by atoms with van der Waals surface area (Å²) in [6.07, 6.45) is 0.851. The molecule has 5 heteroatoms. The minimum absolute atomic E-state index is 0.0673. The molecule has 3 aromatic rings. The van der Waals surface area contributed by atoms with Crippen LogP contribution in [0.15, 0.2) is 75.9 Å². The molecule has 1 aromatic heterocycles. The fraction of sp³-hybridized carbons (Fsp3) is 0.143. The van der Waals surface area contributed by atoms with Gasteiger partial charge in [0, 0.05) is 39.8 Å². The number of rotatable bonds is 3. The smallest absolute Gasteiger partial charge is 0.221 e. The van der Waals surface area contributed by atoms with Crippen molar-refractivity contribution >= 4 is 46.1 Å². The second-order valence-corrected chi connectivity index (χ2v) is 8.34. The number of hydrogen-bond acceptors (Lipinski definition) is 4. The average molecular weight is 379 g/mol. The van der Waals surface area contributed by atoms with Gasteiger partial charge in [-0.3, -0.25) is 9.79 Å². The SMILES string of the molecule is CC(=O)Nc1cccc(C2=Nc3ccccc3S[C@@H](c3cccs3)C2)c1. The third-order valence-corrected chi connectivity index (χ3v) is 6.58. The van der Waals surface area contributed by atoms with Crippen LogP contribution in [-0.4, -0.2) is 11.6 Å². The van der Waals surface area contributed by atoms with Gasteiger partial charge in [-0.1, -0.05) is 30.3 Å². The Labute approximate surface area is 161 Å². The Morgan fingerprint density at radius 1 is 1.12 bits per heavy atom. The van der Waals surface area contributed by atoms with Crippen molar-refractivity contribution in [3.05, 3.63) is 76.5 Å². The molecule has 130 valence electrons. The predicted molar refractivity (Wildman–Crippen MR) is 111 cm³/mol. The molecule has 0 bridgehead atoms. The van der Waals surface area contributed by atoms with Crippen molar-refractivity contribution in [2.75, 3.05) is 5.32 Å². The molecule has 1 N–H and O–H groups in total. The number of hydrogen-bond donors (Lipinski definition) is 1. The van der Waals surface area contributed by atoms with Crippen LogP contribution >= 0.6 is 23.1 Å². The molecule has 3 nitrogen and oxygen atoms in total. The third kappa shape index (κ3) is 3.74. The molecule has 0 unspecified atom stereocenters. The topological polar surface area (TPSA) is 41.5 Å². The highest BCUT2D eigenvalue weighted by Gasteiger charge is 2.23. The zero-order valence-electron chi connectivity index (χ0n) is 14.3. The van der Waals surface area contributed by atoms with E-state index >= 15 is 0 Å². The monoisotopic (exact) mass is 378 g/mol. The lowest BCUT2D eigenvalue weighted by Crippen LogP contribution is -2.08. The highest BCUT2D eigenvalue weighted by Crippen LogP contribution is 2.46. The summed E-state index contributed by atoms with van der Waals surface area (Å²) in [5.74, 6) is -0.0673. The van der Waals surface area contributed by atoms with Crippen LogP contribution in [-0.2, 0) is 4.79 Å². The number of carbonyl (C=O) groups is 1. The summed E-state index contributed by atoms with van der Waals surface area (Å²) in [4.78, 5) is 18.9. The molecule has 0 saturated carbocycles. The van der Waals surface area contributed by atoms with Crippen LogP contribution in [0.3, 0.4) is 0 Å². The highest BCUT2D eigenvalue weighted by atomic mass is 32.2. The van der Waals surface area contributed by atoms with Crippen LogP contribution in [0.2, 0.25) is 0 Å². The average Bonchev–Trinajstić information content (AvgIpc) is 3.09. The van der Waals surface area contributed by atoms with Gasteiger partial charge in [0.15, 0.2) is 0 Å². The second kappa shape index (κ2) is 7.48. The van der Waals surface area contributed by atoms with Gasteiger partial charge in [0.2, 0.25) is 5.91 Å². The van der Waals surface area contributed by atoms with Gasteiger partial charge in [0.05, 0.1) is 5.69 Å². The van der Waals surface area contributed by atoms with Crippen LogP contribution in [0.25, 0.3) is 0 Å². The number of nitrogens with zero attached hydrogens (tertiary/aromatic N) is 1. The van der Waals surface area contributed by atoms with Gasteiger partial charge in [0.1, 0.15) is 0 Å². The van der Waals surface area contributed by atoms with Crippen molar-refractivity contribution in [2.45, 2.75) is 23.5 Å². The largest absolute Gasteiger partial charge is 0.326 e. The number of aliphatic imine (C=N–C) groups is 1. The molecule has 2 aromatic carbocycles. The summed E-state index contributed by atoms with van der Waals surface area (Å²) >= 11 is 3.66. The molecule has 26 heavy (non-hydrogen) atoms. The van der Waals surface area contributed by atoms with E-state index in [0.717, 1.165) is 29.1 Å². The predicted octanol–water partition coefficient (Wildman–Crippen LogP) is 6.06. The number of benzene rings is 2. The maximum Gasteiger partial charge on any atom is 0.221 e. The van der Waals surface area contributed by atoms with E-state index in [1.54, 1.807) is 11.3 Å². The Hall–Kier alpha value is -2.37. The second-order valence-electron chi connectivity index (χ2n) is 6.11. The lowest BCUT2D eigenvalue weighted by atomic mass is 10.0. The number of fused-ring (bicyclic) bond motifs is 1. The molecule has 0 spiro atoms. The number of thiophene rings is 1. The molecule has 1 atom stereocenters. The standard InChI is InChI=1S/C21H18N2OS2/c1-14(24)22-16-7-4-6-15(12-16)18-13-21(20-10-5-11-25-20)26-19-9-3-2-8-17(19)23-18/h2-12,21H,13H2,1H3,(H,22,24)/t21-/m1/s1. The number of carbonyl (C=O) groups excluding carboxylic acids is 1. The summed E-state index contributed by atoms with van der Waals surface area (Å²) in [7, 11) is 0. The van der Waals surface area contributed by atoms with E-state index in [1.807, 2.05) is 36.0 Å². The van der Waals surface area contributed by atoms with Crippen LogP contribution in [0.5, 0.6) is 0 Å². The quantitative estimate of drug-likeness (QED) is 0.601. The Morgan fingerprint density at radius 3 is 2.81 bits per heavy atom. The summed E-state index contributed by atoms with van der Waals surface area (Å²) in [5, 5.41) is 5.32. The number of thioether (sulfide) groups is 1. The van der Waals surface area contributed by atoms with Gasteiger partial charge in [0.25, 0.3) is 0 Å². The molecule has 4 rings (SSSR count). The first-order valence-electron chi connectivity index (χ1n) is 8.44. The Kier molecular flexibility index (Phi) is 4.91. The van der Waals surface area contributed by atoms with Gasteiger partial charge in [-0.25, -0.2) is 0 Å². The first kappa shape index (κ1) is 17.1. The van der Waals surface area contributed by atoms with E-state index in [4.69, 9.17) is 4.99 Å². The Morgan fingerprint density at radius 2 is 2.00 bits per heavy atom. The van der Waals surface area contributed by atoms with E-state index < -0.39 is 0 Å². The van der Waals surface area contributed by atoms with Crippen LogP contribution < -0.4 is 5.32 Å². The normalized spacial score (nSPS) is 16.3. The number of nitrogens with one attached hydrogen (secondary N) is 1. The Balaban J connectivity index is 1.76. The van der Waals surface area contributed by atoms with Crippen molar-refractivity contribution in [3.63, 3.8) is 0 Å². The molecule has 2 heterocycles. The van der Waals surface area contributed by atoms with Gasteiger partial charge < -0.3 is 5.32 Å². The molecule has 0 fully saturated rings. The first-order chi connectivity index (χ1) is 12.7. The molecule has 1 amide bonds. The van der Waals surface area contributed by atoms with Crippen molar-refractivity contribution < 1.29 is 4.79 Å². The Bertz CT molecular complexity index is 964. The van der Waals surface area contributed by atoms with Crippen molar-refractivity contribution in [1.29, 1.82) is 0 Å². The molecule has 1 aliphatic rings. The van der Waals surface area contributed by atoms with Gasteiger partial charge in [-0.2, -0.15) is 0 Å². The molecular formula is C21H18N2OS2. The van der Waals surface area contributed by atoms with Crippen LogP contribution in [0.1, 0.15) is 29.0 Å². The van der Waals surface area contributed by atoms with E-state index in [0.29, 0.717) is 5.25 Å². The summed E-state index contributed by atoms with van der Waals surface area (Å²) in [6, 6.07) is 20.5. The van der Waals surface area contributed by atoms with E-state index in [9.17, 15) is 4.79 Å². The fourth-order valence-electron chi connectivity index (χ4n) is 3.01. The lowest BCUT2D eigenvalue weighted by Gasteiger charge is -2.14. The third-order valence-electron chi connectivity index (χ3n) is 4.15. The maximum atomic E-state index is 11.4. The van der Waals surface area contributed by atoms with Gasteiger partial charge in [-0.15, -0.1) is 23.1 Å².